The molecule has 2 aromatic rings. The lowest BCUT2D eigenvalue weighted by Gasteiger charge is -2.14. The highest BCUT2D eigenvalue weighted by Gasteiger charge is 2.08. The Morgan fingerprint density at radius 1 is 1.05 bits per heavy atom. The molecule has 2 rings (SSSR count). The molecule has 2 aromatic carbocycles. The van der Waals surface area contributed by atoms with Crippen molar-refractivity contribution in [2.45, 2.75) is 6.92 Å². The number of hydrogen-bond acceptors (Lipinski definition) is 2. The Morgan fingerprint density at radius 3 is 2.43 bits per heavy atom. The molecule has 0 bridgehead atoms. The predicted octanol–water partition coefficient (Wildman–Crippen LogP) is 4.09. The summed E-state index contributed by atoms with van der Waals surface area (Å²) in [6.45, 7) is 1.93. The van der Waals surface area contributed by atoms with Gasteiger partial charge in [-0.15, -0.1) is 0 Å². The molecule has 0 fully saturated rings. The fraction of sp³-hybridized carbons (Fsp3) is 0.133. The molecule has 0 spiro atoms. The summed E-state index contributed by atoms with van der Waals surface area (Å²) in [6, 6.07) is 8.79. The van der Waals surface area contributed by atoms with E-state index in [1.165, 1.54) is 6.07 Å². The first-order chi connectivity index (χ1) is 9.99. The normalized spacial score (nSPS) is 10.1. The van der Waals surface area contributed by atoms with Crippen molar-refractivity contribution in [2.75, 3.05) is 17.7 Å². The molecule has 0 saturated carbocycles. The summed E-state index contributed by atoms with van der Waals surface area (Å²) in [5.41, 5.74) is 1.78. The number of ether oxygens (including phenoxy) is 1. The molecule has 0 aromatic heterocycles. The first kappa shape index (κ1) is 15.2. The van der Waals surface area contributed by atoms with Crippen LogP contribution in [0.1, 0.15) is 5.56 Å². The van der Waals surface area contributed by atoms with Crippen LogP contribution in [-0.4, -0.2) is 12.2 Å². The molecule has 110 valence electrons. The van der Waals surface area contributed by atoms with Crippen LogP contribution in [0.3, 0.4) is 0 Å². The summed E-state index contributed by atoms with van der Waals surface area (Å²) in [7, 11) is 1.55. The molecule has 0 atom stereocenters. The summed E-state index contributed by atoms with van der Waals surface area (Å²) >= 11 is 5.12. The maximum Gasteiger partial charge on any atom is 0.175 e. The fourth-order valence-corrected chi connectivity index (χ4v) is 2.01. The molecule has 0 aliphatic heterocycles. The maximum absolute atomic E-state index is 13.5. The van der Waals surface area contributed by atoms with Crippen LogP contribution in [0.2, 0.25) is 0 Å². The van der Waals surface area contributed by atoms with Gasteiger partial charge in [0.1, 0.15) is 17.4 Å². The van der Waals surface area contributed by atoms with E-state index in [1.54, 1.807) is 13.2 Å². The number of nitrogens with one attached hydrogen (secondary N) is 2. The molecule has 0 heterocycles. The van der Waals surface area contributed by atoms with Crippen molar-refractivity contribution in [1.29, 1.82) is 0 Å². The van der Waals surface area contributed by atoms with Gasteiger partial charge < -0.3 is 15.4 Å². The van der Waals surface area contributed by atoms with E-state index < -0.39 is 11.6 Å². The number of halogens is 2. The zero-order valence-electron chi connectivity index (χ0n) is 11.5. The number of anilines is 2. The van der Waals surface area contributed by atoms with Crippen molar-refractivity contribution < 1.29 is 13.5 Å². The van der Waals surface area contributed by atoms with Crippen LogP contribution >= 0.6 is 12.2 Å². The summed E-state index contributed by atoms with van der Waals surface area (Å²) in [4.78, 5) is 0. The van der Waals surface area contributed by atoms with Gasteiger partial charge in [0.05, 0.1) is 18.5 Å². The highest BCUT2D eigenvalue weighted by molar-refractivity contribution is 7.80. The van der Waals surface area contributed by atoms with Crippen LogP contribution in [0.4, 0.5) is 20.2 Å². The number of benzene rings is 2. The minimum absolute atomic E-state index is 0.0977. The molecule has 0 aliphatic rings. The lowest BCUT2D eigenvalue weighted by Crippen LogP contribution is -2.20. The van der Waals surface area contributed by atoms with Gasteiger partial charge in [0.2, 0.25) is 0 Å². The average molecular weight is 308 g/mol. The lowest BCUT2D eigenvalue weighted by atomic mass is 10.2. The van der Waals surface area contributed by atoms with Crippen molar-refractivity contribution in [2.24, 2.45) is 0 Å². The van der Waals surface area contributed by atoms with Crippen molar-refractivity contribution in [3.05, 3.63) is 53.6 Å². The van der Waals surface area contributed by atoms with Gasteiger partial charge in [-0.25, -0.2) is 8.78 Å². The number of rotatable bonds is 3. The number of thiocarbonyl (C=S) groups is 1. The van der Waals surface area contributed by atoms with Crippen LogP contribution in [0.5, 0.6) is 5.75 Å². The standard InChI is InChI=1S/C15H14F2N2OS/c1-9-3-6-14(20-2)13(7-9)19-15(21)18-12-5-4-10(16)8-11(12)17/h3-8H,1-2H3,(H2,18,19,21). The third kappa shape index (κ3) is 3.88. The van der Waals surface area contributed by atoms with Crippen molar-refractivity contribution >= 4 is 28.7 Å². The van der Waals surface area contributed by atoms with E-state index in [2.05, 4.69) is 10.6 Å². The number of aryl methyl sites for hydroxylation is 1. The summed E-state index contributed by atoms with van der Waals surface area (Å²) < 4.78 is 31.6. The van der Waals surface area contributed by atoms with E-state index in [-0.39, 0.29) is 10.8 Å². The van der Waals surface area contributed by atoms with Gasteiger partial charge in [-0.1, -0.05) is 6.07 Å². The fourth-order valence-electron chi connectivity index (χ4n) is 1.79. The molecule has 21 heavy (non-hydrogen) atoms. The third-order valence-electron chi connectivity index (χ3n) is 2.78. The third-order valence-corrected chi connectivity index (χ3v) is 2.99. The average Bonchev–Trinajstić information content (AvgIpc) is 2.42. The van der Waals surface area contributed by atoms with E-state index in [1.807, 2.05) is 19.1 Å². The van der Waals surface area contributed by atoms with Crippen molar-refractivity contribution in [3.63, 3.8) is 0 Å². The lowest BCUT2D eigenvalue weighted by molar-refractivity contribution is 0.417. The van der Waals surface area contributed by atoms with Crippen molar-refractivity contribution in [3.8, 4) is 5.75 Å². The Labute approximate surface area is 126 Å². The van der Waals surface area contributed by atoms with E-state index >= 15 is 0 Å². The molecular formula is C15H14F2N2OS. The van der Waals surface area contributed by atoms with Crippen LogP contribution in [0.25, 0.3) is 0 Å². The van der Waals surface area contributed by atoms with E-state index in [9.17, 15) is 8.78 Å². The second-order valence-corrected chi connectivity index (χ2v) is 4.82. The second kappa shape index (κ2) is 6.49. The first-order valence-electron chi connectivity index (χ1n) is 6.17. The zero-order valence-corrected chi connectivity index (χ0v) is 12.4. The van der Waals surface area contributed by atoms with E-state index in [4.69, 9.17) is 17.0 Å². The summed E-state index contributed by atoms with van der Waals surface area (Å²) in [5.74, 6) is -0.739. The monoisotopic (exact) mass is 308 g/mol. The molecule has 0 radical (unpaired) electrons. The molecule has 2 N–H and O–H groups in total. The van der Waals surface area contributed by atoms with Crippen molar-refractivity contribution in [1.82, 2.24) is 0 Å². The first-order valence-corrected chi connectivity index (χ1v) is 6.58. The minimum Gasteiger partial charge on any atom is -0.495 e. The highest BCUT2D eigenvalue weighted by Crippen LogP contribution is 2.25. The SMILES string of the molecule is COc1ccc(C)cc1NC(=S)Nc1ccc(F)cc1F. The second-order valence-electron chi connectivity index (χ2n) is 4.41. The molecule has 0 amide bonds. The number of hydrogen-bond donors (Lipinski definition) is 2. The topological polar surface area (TPSA) is 33.3 Å². The van der Waals surface area contributed by atoms with Gasteiger partial charge in [-0.05, 0) is 49.0 Å². The van der Waals surface area contributed by atoms with Crippen LogP contribution in [0, 0.1) is 18.6 Å². The largest absolute Gasteiger partial charge is 0.495 e. The molecular weight excluding hydrogens is 294 g/mol. The summed E-state index contributed by atoms with van der Waals surface area (Å²) in [6.07, 6.45) is 0. The van der Waals surface area contributed by atoms with Gasteiger partial charge in [0.15, 0.2) is 5.11 Å². The van der Waals surface area contributed by atoms with Gasteiger partial charge in [-0.2, -0.15) is 0 Å². The Kier molecular flexibility index (Phi) is 4.70. The Bertz CT molecular complexity index is 677. The van der Waals surface area contributed by atoms with E-state index in [0.29, 0.717) is 11.4 Å². The quantitative estimate of drug-likeness (QED) is 0.837. The smallest absolute Gasteiger partial charge is 0.175 e. The molecule has 0 aliphatic carbocycles. The minimum atomic E-state index is -0.713. The van der Waals surface area contributed by atoms with Gasteiger partial charge >= 0.3 is 0 Å². The van der Waals surface area contributed by atoms with Crippen LogP contribution in [0.15, 0.2) is 36.4 Å². The Morgan fingerprint density at radius 2 is 1.76 bits per heavy atom. The Balaban J connectivity index is 2.13. The molecule has 0 unspecified atom stereocenters. The van der Waals surface area contributed by atoms with Gasteiger partial charge in [0, 0.05) is 6.07 Å². The highest BCUT2D eigenvalue weighted by atomic mass is 32.1. The van der Waals surface area contributed by atoms with E-state index in [0.717, 1.165) is 17.7 Å². The van der Waals surface area contributed by atoms with Gasteiger partial charge in [0.25, 0.3) is 0 Å². The summed E-state index contributed by atoms with van der Waals surface area (Å²) in [5, 5.41) is 5.79. The van der Waals surface area contributed by atoms with Crippen LogP contribution < -0.4 is 15.4 Å². The maximum atomic E-state index is 13.5. The predicted molar refractivity (Wildman–Crippen MR) is 83.9 cm³/mol. The Hall–Kier alpha value is -2.21. The molecule has 0 saturated heterocycles. The number of methoxy groups -OCH3 is 1. The van der Waals surface area contributed by atoms with Crippen LogP contribution in [-0.2, 0) is 0 Å². The zero-order chi connectivity index (χ0) is 15.4. The van der Waals surface area contributed by atoms with Gasteiger partial charge in [-0.3, -0.25) is 0 Å². The molecule has 3 nitrogen and oxygen atoms in total. The molecule has 6 heteroatoms.